The molecule has 0 bridgehead atoms. The fraction of sp³-hybridized carbons (Fsp3) is 0.391. The first-order chi connectivity index (χ1) is 13.8. The Morgan fingerprint density at radius 1 is 0.931 bits per heavy atom. The number of piperazine rings is 1. The molecular weight excluding hydrogens is 366 g/mol. The maximum absolute atomic E-state index is 12.7. The molecular formula is C23H29N3O3. The van der Waals surface area contributed by atoms with Gasteiger partial charge in [-0.2, -0.15) is 0 Å². The largest absolute Gasteiger partial charge is 0.465 e. The molecule has 2 aromatic rings. The van der Waals surface area contributed by atoms with Gasteiger partial charge in [0.25, 0.3) is 0 Å². The molecule has 1 aliphatic rings. The second-order valence-corrected chi connectivity index (χ2v) is 8.21. The number of nitrogens with zero attached hydrogens (tertiary/aromatic N) is 2. The maximum atomic E-state index is 12.7. The van der Waals surface area contributed by atoms with Crippen LogP contribution in [0.3, 0.4) is 0 Å². The summed E-state index contributed by atoms with van der Waals surface area (Å²) < 4.78 is 4.80. The number of anilines is 2. The zero-order valence-corrected chi connectivity index (χ0v) is 17.6. The van der Waals surface area contributed by atoms with Crippen molar-refractivity contribution >= 4 is 23.4 Å². The number of nitrogens with one attached hydrogen (secondary N) is 1. The molecule has 3 rings (SSSR count). The molecule has 1 fully saturated rings. The first-order valence-corrected chi connectivity index (χ1v) is 9.89. The molecule has 29 heavy (non-hydrogen) atoms. The minimum Gasteiger partial charge on any atom is -0.465 e. The van der Waals surface area contributed by atoms with Crippen molar-refractivity contribution in [3.63, 3.8) is 0 Å². The SMILES string of the molecule is COC(=O)c1ccccc1NC(=O)N1CCN(c2ccccc2C(C)(C)C)CC1. The number of amides is 2. The normalized spacial score (nSPS) is 14.5. The number of hydrogen-bond acceptors (Lipinski definition) is 4. The van der Waals surface area contributed by atoms with Crippen molar-refractivity contribution in [2.45, 2.75) is 26.2 Å². The Morgan fingerprint density at radius 2 is 1.55 bits per heavy atom. The Bertz CT molecular complexity index is 881. The van der Waals surface area contributed by atoms with Gasteiger partial charge >= 0.3 is 12.0 Å². The molecule has 2 aromatic carbocycles. The van der Waals surface area contributed by atoms with E-state index < -0.39 is 5.97 Å². The van der Waals surface area contributed by atoms with Gasteiger partial charge in [-0.3, -0.25) is 0 Å². The monoisotopic (exact) mass is 395 g/mol. The Balaban J connectivity index is 1.67. The molecule has 1 N–H and O–H groups in total. The highest BCUT2D eigenvalue weighted by atomic mass is 16.5. The van der Waals surface area contributed by atoms with Crippen LogP contribution in [0.5, 0.6) is 0 Å². The van der Waals surface area contributed by atoms with E-state index in [-0.39, 0.29) is 11.4 Å². The average Bonchev–Trinajstić information content (AvgIpc) is 2.73. The summed E-state index contributed by atoms with van der Waals surface area (Å²) in [5.74, 6) is -0.468. The van der Waals surface area contributed by atoms with Gasteiger partial charge in [-0.05, 0) is 29.2 Å². The summed E-state index contributed by atoms with van der Waals surface area (Å²) in [6.45, 7) is 9.41. The van der Waals surface area contributed by atoms with Gasteiger partial charge in [0.2, 0.25) is 0 Å². The van der Waals surface area contributed by atoms with Gasteiger partial charge < -0.3 is 19.9 Å². The van der Waals surface area contributed by atoms with Crippen LogP contribution in [0.25, 0.3) is 0 Å². The Hall–Kier alpha value is -3.02. The van der Waals surface area contributed by atoms with Crippen LogP contribution >= 0.6 is 0 Å². The van der Waals surface area contributed by atoms with E-state index in [4.69, 9.17) is 4.74 Å². The number of rotatable bonds is 3. The molecule has 154 valence electrons. The van der Waals surface area contributed by atoms with Crippen molar-refractivity contribution in [1.29, 1.82) is 0 Å². The number of hydrogen-bond donors (Lipinski definition) is 1. The predicted molar refractivity (Wildman–Crippen MR) is 116 cm³/mol. The lowest BCUT2D eigenvalue weighted by Gasteiger charge is -2.38. The van der Waals surface area contributed by atoms with E-state index in [1.54, 1.807) is 29.2 Å². The number of benzene rings is 2. The molecule has 1 aliphatic heterocycles. The van der Waals surface area contributed by atoms with Crippen LogP contribution in [-0.2, 0) is 10.2 Å². The van der Waals surface area contributed by atoms with E-state index >= 15 is 0 Å². The van der Waals surface area contributed by atoms with Crippen LogP contribution in [0, 0.1) is 0 Å². The van der Waals surface area contributed by atoms with Crippen molar-refractivity contribution in [3.05, 3.63) is 59.7 Å². The van der Waals surface area contributed by atoms with E-state index in [2.05, 4.69) is 55.3 Å². The average molecular weight is 396 g/mol. The van der Waals surface area contributed by atoms with E-state index in [9.17, 15) is 9.59 Å². The minimum atomic E-state index is -0.468. The highest BCUT2D eigenvalue weighted by Gasteiger charge is 2.26. The third-order valence-electron chi connectivity index (χ3n) is 5.19. The van der Waals surface area contributed by atoms with E-state index in [0.717, 1.165) is 13.1 Å². The molecule has 0 spiro atoms. The smallest absolute Gasteiger partial charge is 0.339 e. The summed E-state index contributed by atoms with van der Waals surface area (Å²) in [6.07, 6.45) is 0. The van der Waals surface area contributed by atoms with Gasteiger partial charge in [-0.25, -0.2) is 9.59 Å². The van der Waals surface area contributed by atoms with Gasteiger partial charge in [-0.15, -0.1) is 0 Å². The van der Waals surface area contributed by atoms with Crippen LogP contribution in [-0.4, -0.2) is 50.2 Å². The maximum Gasteiger partial charge on any atom is 0.339 e. The molecule has 6 heteroatoms. The zero-order chi connectivity index (χ0) is 21.0. The second kappa shape index (κ2) is 8.55. The Kier molecular flexibility index (Phi) is 6.11. The first kappa shape index (κ1) is 20.7. The van der Waals surface area contributed by atoms with Gasteiger partial charge in [0.05, 0.1) is 18.4 Å². The molecule has 6 nitrogen and oxygen atoms in total. The van der Waals surface area contributed by atoms with Crippen molar-refractivity contribution in [2.24, 2.45) is 0 Å². The molecule has 0 aliphatic carbocycles. The molecule has 0 saturated carbocycles. The van der Waals surface area contributed by atoms with Crippen molar-refractivity contribution in [1.82, 2.24) is 4.90 Å². The van der Waals surface area contributed by atoms with Gasteiger partial charge in [-0.1, -0.05) is 51.1 Å². The lowest BCUT2D eigenvalue weighted by atomic mass is 9.85. The fourth-order valence-corrected chi connectivity index (χ4v) is 3.61. The minimum absolute atomic E-state index is 0.0582. The zero-order valence-electron chi connectivity index (χ0n) is 17.6. The molecule has 0 atom stereocenters. The molecule has 0 radical (unpaired) electrons. The second-order valence-electron chi connectivity index (χ2n) is 8.21. The number of para-hydroxylation sites is 2. The summed E-state index contributed by atoms with van der Waals surface area (Å²) in [4.78, 5) is 28.8. The quantitative estimate of drug-likeness (QED) is 0.794. The number of urea groups is 1. The number of esters is 1. The summed E-state index contributed by atoms with van der Waals surface area (Å²) in [6, 6.07) is 15.1. The summed E-state index contributed by atoms with van der Waals surface area (Å²) in [5, 5.41) is 2.85. The number of carbonyl (C=O) groups excluding carboxylic acids is 2. The van der Waals surface area contributed by atoms with Crippen LogP contribution in [0.1, 0.15) is 36.7 Å². The Morgan fingerprint density at radius 3 is 2.21 bits per heavy atom. The van der Waals surface area contributed by atoms with Crippen molar-refractivity contribution in [3.8, 4) is 0 Å². The standard InChI is InChI=1S/C23H29N3O3/c1-23(2,3)18-10-6-8-12-20(18)25-13-15-26(16-14-25)22(28)24-19-11-7-5-9-17(19)21(27)29-4/h5-12H,13-16H2,1-4H3,(H,24,28). The lowest BCUT2D eigenvalue weighted by Crippen LogP contribution is -2.50. The Labute approximate surface area is 172 Å². The molecule has 2 amide bonds. The third kappa shape index (κ3) is 4.70. The molecule has 1 heterocycles. The van der Waals surface area contributed by atoms with Crippen molar-refractivity contribution in [2.75, 3.05) is 43.5 Å². The van der Waals surface area contributed by atoms with E-state index in [1.807, 2.05) is 0 Å². The summed E-state index contributed by atoms with van der Waals surface area (Å²) in [5.41, 5.74) is 3.41. The van der Waals surface area contributed by atoms with Crippen LogP contribution in [0.4, 0.5) is 16.2 Å². The van der Waals surface area contributed by atoms with E-state index in [1.165, 1.54) is 18.4 Å². The van der Waals surface area contributed by atoms with Crippen LogP contribution < -0.4 is 10.2 Å². The van der Waals surface area contributed by atoms with Gasteiger partial charge in [0, 0.05) is 31.9 Å². The highest BCUT2D eigenvalue weighted by molar-refractivity contribution is 6.00. The van der Waals surface area contributed by atoms with Gasteiger partial charge in [0.1, 0.15) is 0 Å². The fourth-order valence-electron chi connectivity index (χ4n) is 3.61. The van der Waals surface area contributed by atoms with Crippen LogP contribution in [0.15, 0.2) is 48.5 Å². The molecule has 1 saturated heterocycles. The third-order valence-corrected chi connectivity index (χ3v) is 5.19. The molecule has 0 unspecified atom stereocenters. The topological polar surface area (TPSA) is 61.9 Å². The number of carbonyl (C=O) groups is 2. The molecule has 0 aromatic heterocycles. The lowest BCUT2D eigenvalue weighted by molar-refractivity contribution is 0.0602. The van der Waals surface area contributed by atoms with Crippen molar-refractivity contribution < 1.29 is 14.3 Å². The number of methoxy groups -OCH3 is 1. The van der Waals surface area contributed by atoms with Gasteiger partial charge in [0.15, 0.2) is 0 Å². The summed E-state index contributed by atoms with van der Waals surface area (Å²) in [7, 11) is 1.33. The number of ether oxygens (including phenoxy) is 1. The van der Waals surface area contributed by atoms with Crippen LogP contribution in [0.2, 0.25) is 0 Å². The summed E-state index contributed by atoms with van der Waals surface area (Å²) >= 11 is 0. The van der Waals surface area contributed by atoms with E-state index in [0.29, 0.717) is 24.3 Å². The highest BCUT2D eigenvalue weighted by Crippen LogP contribution is 2.32. The predicted octanol–water partition coefficient (Wildman–Crippen LogP) is 4.12. The first-order valence-electron chi connectivity index (χ1n) is 9.89.